The predicted octanol–water partition coefficient (Wildman–Crippen LogP) is 6.11. The van der Waals surface area contributed by atoms with Gasteiger partial charge in [-0.3, -0.25) is 34.3 Å². The molecule has 3 fully saturated rings. The van der Waals surface area contributed by atoms with E-state index in [4.69, 9.17) is 9.47 Å². The van der Waals surface area contributed by atoms with Gasteiger partial charge in [-0.25, -0.2) is 0 Å². The highest BCUT2D eigenvalue weighted by Gasteiger charge is 2.70. The third-order valence-electron chi connectivity index (χ3n) is 11.8. The number of aromatic hydroxyl groups is 1. The molecular formula is C43H39N3O8. The Balaban J connectivity index is 1.33. The summed E-state index contributed by atoms with van der Waals surface area (Å²) in [7, 11) is 2.83. The molecule has 2 saturated heterocycles. The van der Waals surface area contributed by atoms with Gasteiger partial charge in [0.1, 0.15) is 0 Å². The molecule has 0 unspecified atom stereocenters. The highest BCUT2D eigenvalue weighted by atomic mass is 16.5. The summed E-state index contributed by atoms with van der Waals surface area (Å²) in [5, 5.41) is 12.1. The minimum atomic E-state index is -1.51. The van der Waals surface area contributed by atoms with Gasteiger partial charge in [0.05, 0.1) is 48.8 Å². The molecule has 274 valence electrons. The fraction of sp³-hybridized carbons (Fsp3) is 0.279. The van der Waals surface area contributed by atoms with Crippen molar-refractivity contribution in [3.05, 3.63) is 125 Å². The van der Waals surface area contributed by atoms with Gasteiger partial charge < -0.3 is 14.6 Å². The summed E-state index contributed by atoms with van der Waals surface area (Å²) in [6.45, 7) is 3.39. The zero-order valence-corrected chi connectivity index (χ0v) is 30.2. The number of nitrogens with one attached hydrogen (secondary N) is 1. The molecule has 2 aliphatic heterocycles. The number of amides is 4. The molecule has 11 nitrogen and oxygen atoms in total. The van der Waals surface area contributed by atoms with E-state index >= 15 is 4.79 Å². The maximum atomic E-state index is 15.4. The molecule has 0 radical (unpaired) electrons. The number of nitrogens with zero attached hydrogens (tertiary/aromatic N) is 2. The molecule has 2 N–H and O–H groups in total. The van der Waals surface area contributed by atoms with Crippen molar-refractivity contribution in [2.24, 2.45) is 23.7 Å². The van der Waals surface area contributed by atoms with E-state index in [1.54, 1.807) is 48.5 Å². The van der Waals surface area contributed by atoms with E-state index in [1.807, 2.05) is 55.5 Å². The number of fused-ring (bicyclic) bond motifs is 4. The average molecular weight is 726 g/mol. The fourth-order valence-electron chi connectivity index (χ4n) is 9.30. The van der Waals surface area contributed by atoms with Crippen LogP contribution < -0.4 is 19.8 Å². The van der Waals surface area contributed by atoms with Crippen molar-refractivity contribution >= 4 is 40.8 Å². The normalized spacial score (nSPS) is 25.9. The van der Waals surface area contributed by atoms with Crippen molar-refractivity contribution in [1.29, 1.82) is 0 Å². The second-order valence-electron chi connectivity index (χ2n) is 14.5. The number of allylic oxidation sites excluding steroid dienone is 2. The molecule has 6 atom stereocenters. The summed E-state index contributed by atoms with van der Waals surface area (Å²) in [4.78, 5) is 72.2. The van der Waals surface area contributed by atoms with Crippen LogP contribution in [0.4, 0.5) is 11.4 Å². The molecular weight excluding hydrogens is 686 g/mol. The molecule has 1 saturated carbocycles. The van der Waals surface area contributed by atoms with Gasteiger partial charge in [-0.05, 0) is 92.3 Å². The van der Waals surface area contributed by atoms with Gasteiger partial charge in [-0.1, -0.05) is 59.7 Å². The molecule has 2 aliphatic carbocycles. The van der Waals surface area contributed by atoms with Crippen LogP contribution in [0.5, 0.6) is 17.2 Å². The molecule has 4 aromatic rings. The van der Waals surface area contributed by atoms with Crippen LogP contribution in [0.2, 0.25) is 0 Å². The SMILES string of the molecule is COc1cc([C@H]2C3=CC[C@@H]4C(=O)N(c5ccc(C(C)=O)cc5)C(=O)[C@@H]4[C@@H]3C[C@H]3C(=O)N(Nc4ccc(C)cc4)C(=O)[C@@]23c2ccccc2)cc(OC)c1O. The number of anilines is 2. The number of carbonyl (C=O) groups excluding carboxylic acids is 5. The molecule has 0 spiro atoms. The van der Waals surface area contributed by atoms with E-state index in [2.05, 4.69) is 5.43 Å². The number of Topliss-reactive ketones (excluding diaryl/α,β-unsaturated/α-hetero) is 1. The van der Waals surface area contributed by atoms with Crippen LogP contribution in [0.3, 0.4) is 0 Å². The maximum absolute atomic E-state index is 15.4. The number of phenolic OH excluding ortho intramolecular Hbond substituents is 1. The number of hydrogen-bond donors (Lipinski definition) is 2. The lowest BCUT2D eigenvalue weighted by Crippen LogP contribution is -2.53. The molecule has 11 heteroatoms. The number of phenols is 1. The number of hydrogen-bond acceptors (Lipinski definition) is 9. The predicted molar refractivity (Wildman–Crippen MR) is 199 cm³/mol. The molecule has 0 aromatic heterocycles. The monoisotopic (exact) mass is 725 g/mol. The van der Waals surface area contributed by atoms with E-state index in [0.29, 0.717) is 28.1 Å². The first-order valence-corrected chi connectivity index (χ1v) is 17.9. The molecule has 0 bridgehead atoms. The highest BCUT2D eigenvalue weighted by Crippen LogP contribution is 2.65. The number of hydrazine groups is 1. The highest BCUT2D eigenvalue weighted by molar-refractivity contribution is 6.22. The van der Waals surface area contributed by atoms with Gasteiger partial charge in [-0.15, -0.1) is 0 Å². The second kappa shape index (κ2) is 13.0. The third kappa shape index (κ3) is 5.05. The number of ether oxygens (including phenoxy) is 2. The quantitative estimate of drug-likeness (QED) is 0.125. The van der Waals surface area contributed by atoms with Crippen molar-refractivity contribution in [3.63, 3.8) is 0 Å². The Labute approximate surface area is 312 Å². The number of benzene rings is 4. The minimum absolute atomic E-state index is 0.110. The van der Waals surface area contributed by atoms with Crippen molar-refractivity contribution in [1.82, 2.24) is 5.01 Å². The standard InChI is InChI=1S/C43H39N3O8/c1-23-10-14-28(15-11-23)44-46-40(50)33-22-32-30(18-19-31-36(32)41(51)45(39(31)49)29-16-12-25(13-17-29)24(2)47)37(26-20-34(53-3)38(48)35(21-26)54-4)43(33,42(46)52)27-8-6-5-7-9-27/h5-18,20-21,31-33,36-37,44,48H,19,22H2,1-4H3/t31-,32+,33-,36-,37-,43+/m0/s1. The van der Waals surface area contributed by atoms with Crippen molar-refractivity contribution in [3.8, 4) is 17.2 Å². The van der Waals surface area contributed by atoms with E-state index in [9.17, 15) is 24.3 Å². The van der Waals surface area contributed by atoms with Gasteiger partial charge in [-0.2, -0.15) is 5.01 Å². The molecule has 54 heavy (non-hydrogen) atoms. The molecule has 4 aliphatic rings. The van der Waals surface area contributed by atoms with Crippen LogP contribution in [0.15, 0.2) is 103 Å². The number of carbonyl (C=O) groups is 5. The number of aryl methyl sites for hydroxylation is 1. The Morgan fingerprint density at radius 1 is 0.833 bits per heavy atom. The van der Waals surface area contributed by atoms with E-state index in [0.717, 1.165) is 16.1 Å². The zero-order valence-electron chi connectivity index (χ0n) is 30.2. The first-order chi connectivity index (χ1) is 26.0. The van der Waals surface area contributed by atoms with Gasteiger partial charge >= 0.3 is 0 Å². The van der Waals surface area contributed by atoms with E-state index in [1.165, 1.54) is 26.0 Å². The number of imide groups is 2. The van der Waals surface area contributed by atoms with Crippen molar-refractivity contribution in [2.75, 3.05) is 24.5 Å². The third-order valence-corrected chi connectivity index (χ3v) is 11.8. The summed E-state index contributed by atoms with van der Waals surface area (Å²) in [6, 6.07) is 26.3. The van der Waals surface area contributed by atoms with Crippen LogP contribution in [-0.2, 0) is 24.6 Å². The Kier molecular flexibility index (Phi) is 8.39. The van der Waals surface area contributed by atoms with E-state index in [-0.39, 0.29) is 41.8 Å². The lowest BCUT2D eigenvalue weighted by atomic mass is 9.49. The van der Waals surface area contributed by atoms with Gasteiger partial charge in [0, 0.05) is 11.5 Å². The molecule has 4 amide bonds. The van der Waals surface area contributed by atoms with E-state index < -0.39 is 52.7 Å². The first kappa shape index (κ1) is 34.8. The Morgan fingerprint density at radius 2 is 1.48 bits per heavy atom. The molecule has 4 aromatic carbocycles. The lowest BCUT2D eigenvalue weighted by Gasteiger charge is -2.50. The van der Waals surface area contributed by atoms with Gasteiger partial charge in [0.15, 0.2) is 17.3 Å². The Hall–Kier alpha value is -6.23. The van der Waals surface area contributed by atoms with Gasteiger partial charge in [0.2, 0.25) is 17.6 Å². The smallest absolute Gasteiger partial charge is 0.260 e. The van der Waals surface area contributed by atoms with Crippen molar-refractivity contribution in [2.45, 2.75) is 38.0 Å². The van der Waals surface area contributed by atoms with Crippen LogP contribution >= 0.6 is 0 Å². The fourth-order valence-corrected chi connectivity index (χ4v) is 9.30. The average Bonchev–Trinajstić information content (AvgIpc) is 3.56. The van der Waals surface area contributed by atoms with Crippen LogP contribution in [0.1, 0.15) is 52.7 Å². The number of ketones is 1. The lowest BCUT2D eigenvalue weighted by molar-refractivity contribution is -0.138. The minimum Gasteiger partial charge on any atom is -0.502 e. The topological polar surface area (TPSA) is 143 Å². The summed E-state index contributed by atoms with van der Waals surface area (Å²) in [5.74, 6) is -5.73. The Morgan fingerprint density at radius 3 is 2.09 bits per heavy atom. The summed E-state index contributed by atoms with van der Waals surface area (Å²) in [6.07, 6.45) is 2.32. The second-order valence-corrected chi connectivity index (χ2v) is 14.5. The van der Waals surface area contributed by atoms with Crippen molar-refractivity contribution < 1.29 is 38.6 Å². The first-order valence-electron chi connectivity index (χ1n) is 17.9. The zero-order chi connectivity index (χ0) is 38.1. The van der Waals surface area contributed by atoms with Crippen LogP contribution in [0, 0.1) is 30.6 Å². The largest absolute Gasteiger partial charge is 0.502 e. The Bertz CT molecular complexity index is 2230. The van der Waals surface area contributed by atoms with Gasteiger partial charge in [0.25, 0.3) is 11.8 Å². The van der Waals surface area contributed by atoms with Crippen LogP contribution in [-0.4, -0.2) is 53.7 Å². The molecule has 8 rings (SSSR count). The summed E-state index contributed by atoms with van der Waals surface area (Å²) in [5.41, 5.74) is 5.88. The summed E-state index contributed by atoms with van der Waals surface area (Å²) >= 11 is 0. The molecule has 2 heterocycles. The maximum Gasteiger partial charge on any atom is 0.260 e. The number of methoxy groups -OCH3 is 2. The number of rotatable bonds is 8. The van der Waals surface area contributed by atoms with Crippen LogP contribution in [0.25, 0.3) is 0 Å². The summed E-state index contributed by atoms with van der Waals surface area (Å²) < 4.78 is 11.2.